The zero-order valence-electron chi connectivity index (χ0n) is 12.8. The average Bonchev–Trinajstić information content (AvgIpc) is 2.92. The summed E-state index contributed by atoms with van der Waals surface area (Å²) in [6.07, 6.45) is 8.35. The van der Waals surface area contributed by atoms with Gasteiger partial charge in [0.2, 0.25) is 0 Å². The van der Waals surface area contributed by atoms with Gasteiger partial charge in [0.15, 0.2) is 0 Å². The van der Waals surface area contributed by atoms with E-state index in [1.807, 2.05) is 6.08 Å². The summed E-state index contributed by atoms with van der Waals surface area (Å²) < 4.78 is 0. The van der Waals surface area contributed by atoms with Crippen LogP contribution in [0.25, 0.3) is 0 Å². The summed E-state index contributed by atoms with van der Waals surface area (Å²) >= 11 is 0. The van der Waals surface area contributed by atoms with Crippen molar-refractivity contribution >= 4 is 12.0 Å². The first-order chi connectivity index (χ1) is 10.0. The molecule has 2 amide bonds. The van der Waals surface area contributed by atoms with Crippen molar-refractivity contribution in [1.29, 1.82) is 0 Å². The fourth-order valence-corrected chi connectivity index (χ4v) is 2.41. The summed E-state index contributed by atoms with van der Waals surface area (Å²) in [6, 6.07) is -0.260. The lowest BCUT2D eigenvalue weighted by atomic mass is 10.2. The third kappa shape index (κ3) is 4.34. The molecule has 0 aromatic rings. The Morgan fingerprint density at radius 1 is 1.38 bits per heavy atom. The molecule has 1 aliphatic heterocycles. The Kier molecular flexibility index (Phi) is 6.46. The van der Waals surface area contributed by atoms with Gasteiger partial charge >= 0.3 is 12.0 Å². The number of carboxylic acids is 1. The molecule has 118 valence electrons. The SMILES string of the molecule is C=CC1CC1(NC(=O)N1CCCC1)C(=O)O.C=CCCC. The highest BCUT2D eigenvalue weighted by Gasteiger charge is 2.60. The molecule has 1 aliphatic carbocycles. The van der Waals surface area contributed by atoms with Crippen molar-refractivity contribution < 1.29 is 14.7 Å². The van der Waals surface area contributed by atoms with Crippen LogP contribution >= 0.6 is 0 Å². The predicted molar refractivity (Wildman–Crippen MR) is 83.1 cm³/mol. The quantitative estimate of drug-likeness (QED) is 0.766. The first kappa shape index (κ1) is 17.3. The molecule has 0 spiro atoms. The average molecular weight is 294 g/mol. The molecule has 0 aromatic carbocycles. The molecule has 2 unspecified atom stereocenters. The van der Waals surface area contributed by atoms with Gasteiger partial charge in [-0.2, -0.15) is 0 Å². The number of aliphatic carboxylic acids is 1. The van der Waals surface area contributed by atoms with Crippen molar-refractivity contribution in [2.45, 2.75) is 44.6 Å². The van der Waals surface area contributed by atoms with E-state index in [4.69, 9.17) is 5.11 Å². The number of urea groups is 1. The van der Waals surface area contributed by atoms with Gasteiger partial charge in [0.1, 0.15) is 5.54 Å². The van der Waals surface area contributed by atoms with Crippen LogP contribution in [0.2, 0.25) is 0 Å². The van der Waals surface area contributed by atoms with Gasteiger partial charge in [-0.25, -0.2) is 9.59 Å². The molecule has 2 N–H and O–H groups in total. The molecule has 5 nitrogen and oxygen atoms in total. The molecule has 2 atom stereocenters. The second kappa shape index (κ2) is 7.86. The van der Waals surface area contributed by atoms with Crippen molar-refractivity contribution in [2.75, 3.05) is 13.1 Å². The number of allylic oxidation sites excluding steroid dienone is 1. The van der Waals surface area contributed by atoms with E-state index in [0.29, 0.717) is 6.42 Å². The Bertz CT molecular complexity index is 402. The standard InChI is InChI=1S/C11H16N2O3.C5H10/c1-2-8-7-11(8,9(14)15)12-10(16)13-5-3-4-6-13;1-3-5-4-2/h2,8H,1,3-7H2,(H,12,16)(H,14,15);3H,1,4-5H2,2H3. The van der Waals surface area contributed by atoms with Crippen LogP contribution < -0.4 is 5.32 Å². The van der Waals surface area contributed by atoms with E-state index in [1.54, 1.807) is 11.0 Å². The van der Waals surface area contributed by atoms with E-state index in [9.17, 15) is 9.59 Å². The van der Waals surface area contributed by atoms with E-state index < -0.39 is 11.5 Å². The zero-order chi connectivity index (χ0) is 15.9. The predicted octanol–water partition coefficient (Wildman–Crippen LogP) is 2.79. The van der Waals surface area contributed by atoms with Crippen LogP contribution in [0, 0.1) is 5.92 Å². The van der Waals surface area contributed by atoms with Crippen LogP contribution in [0.1, 0.15) is 39.0 Å². The van der Waals surface area contributed by atoms with Crippen LogP contribution in [-0.4, -0.2) is 40.6 Å². The summed E-state index contributed by atoms with van der Waals surface area (Å²) in [4.78, 5) is 24.6. The number of carbonyl (C=O) groups excluding carboxylic acids is 1. The minimum Gasteiger partial charge on any atom is -0.479 e. The molecule has 2 aliphatic rings. The van der Waals surface area contributed by atoms with Crippen molar-refractivity contribution in [3.63, 3.8) is 0 Å². The molecule has 0 bridgehead atoms. The maximum Gasteiger partial charge on any atom is 0.330 e. The van der Waals surface area contributed by atoms with Crippen molar-refractivity contribution in [3.8, 4) is 0 Å². The molecule has 1 heterocycles. The Morgan fingerprint density at radius 2 is 2.00 bits per heavy atom. The normalized spacial score (nSPS) is 26.3. The molecule has 1 saturated heterocycles. The number of hydrogen-bond acceptors (Lipinski definition) is 2. The third-order valence-electron chi connectivity index (χ3n) is 3.90. The molecule has 21 heavy (non-hydrogen) atoms. The number of amides is 2. The third-order valence-corrected chi connectivity index (χ3v) is 3.90. The van der Waals surface area contributed by atoms with Gasteiger partial charge in [0.25, 0.3) is 0 Å². The fourth-order valence-electron chi connectivity index (χ4n) is 2.41. The summed E-state index contributed by atoms with van der Waals surface area (Å²) in [5, 5.41) is 11.7. The van der Waals surface area contributed by atoms with Gasteiger partial charge < -0.3 is 15.3 Å². The second-order valence-corrected chi connectivity index (χ2v) is 5.52. The molecule has 0 radical (unpaired) electrons. The highest BCUT2D eigenvalue weighted by molar-refractivity contribution is 5.90. The monoisotopic (exact) mass is 294 g/mol. The number of likely N-dealkylation sites (tertiary alicyclic amines) is 1. The Labute approximate surface area is 126 Å². The van der Waals surface area contributed by atoms with Crippen molar-refractivity contribution in [1.82, 2.24) is 10.2 Å². The molecular weight excluding hydrogens is 268 g/mol. The van der Waals surface area contributed by atoms with Crippen LogP contribution in [-0.2, 0) is 4.79 Å². The highest BCUT2D eigenvalue weighted by Crippen LogP contribution is 2.44. The lowest BCUT2D eigenvalue weighted by molar-refractivity contribution is -0.140. The van der Waals surface area contributed by atoms with Crippen LogP contribution in [0.5, 0.6) is 0 Å². The Morgan fingerprint density at radius 3 is 2.33 bits per heavy atom. The van der Waals surface area contributed by atoms with Gasteiger partial charge in [-0.05, 0) is 25.7 Å². The number of rotatable bonds is 5. The van der Waals surface area contributed by atoms with Gasteiger partial charge in [0, 0.05) is 19.0 Å². The van der Waals surface area contributed by atoms with Crippen molar-refractivity contribution in [3.05, 3.63) is 25.3 Å². The first-order valence-corrected chi connectivity index (χ1v) is 7.55. The molecule has 2 fully saturated rings. The van der Waals surface area contributed by atoms with E-state index in [0.717, 1.165) is 32.4 Å². The van der Waals surface area contributed by atoms with E-state index in [-0.39, 0.29) is 11.9 Å². The molecular formula is C16H26N2O3. The maximum absolute atomic E-state index is 11.8. The number of unbranched alkanes of at least 4 members (excludes halogenated alkanes) is 1. The molecule has 1 saturated carbocycles. The van der Waals surface area contributed by atoms with E-state index >= 15 is 0 Å². The minimum absolute atomic E-state index is 0.142. The number of nitrogens with zero attached hydrogens (tertiary/aromatic N) is 1. The Hall–Kier alpha value is -1.78. The van der Waals surface area contributed by atoms with Crippen LogP contribution in [0.3, 0.4) is 0 Å². The van der Waals surface area contributed by atoms with Gasteiger partial charge in [-0.1, -0.05) is 25.5 Å². The van der Waals surface area contributed by atoms with E-state index in [1.165, 1.54) is 6.42 Å². The molecule has 5 heteroatoms. The van der Waals surface area contributed by atoms with Crippen LogP contribution in [0.15, 0.2) is 25.3 Å². The molecule has 2 rings (SSSR count). The lowest BCUT2D eigenvalue weighted by Gasteiger charge is -2.20. The minimum atomic E-state index is -1.10. The summed E-state index contributed by atoms with van der Waals surface area (Å²) in [5.74, 6) is -1.11. The van der Waals surface area contributed by atoms with Gasteiger partial charge in [-0.3, -0.25) is 0 Å². The summed E-state index contributed by atoms with van der Waals surface area (Å²) in [7, 11) is 0. The molecule has 0 aromatic heterocycles. The highest BCUT2D eigenvalue weighted by atomic mass is 16.4. The van der Waals surface area contributed by atoms with Gasteiger partial charge in [0.05, 0.1) is 0 Å². The van der Waals surface area contributed by atoms with Gasteiger partial charge in [-0.15, -0.1) is 13.2 Å². The topological polar surface area (TPSA) is 69.6 Å². The smallest absolute Gasteiger partial charge is 0.330 e. The number of carbonyl (C=O) groups is 2. The number of nitrogens with one attached hydrogen (secondary N) is 1. The number of hydrogen-bond donors (Lipinski definition) is 2. The zero-order valence-corrected chi connectivity index (χ0v) is 12.8. The second-order valence-electron chi connectivity index (χ2n) is 5.52. The lowest BCUT2D eigenvalue weighted by Crippen LogP contribution is -2.50. The first-order valence-electron chi connectivity index (χ1n) is 7.55. The van der Waals surface area contributed by atoms with E-state index in [2.05, 4.69) is 25.4 Å². The summed E-state index contributed by atoms with van der Waals surface area (Å²) in [6.45, 7) is 10.7. The fraction of sp³-hybridized carbons (Fsp3) is 0.625. The number of carboxylic acid groups (broad SMARTS) is 1. The summed E-state index contributed by atoms with van der Waals surface area (Å²) in [5.41, 5.74) is -1.10. The van der Waals surface area contributed by atoms with Crippen LogP contribution in [0.4, 0.5) is 4.79 Å². The maximum atomic E-state index is 11.8. The largest absolute Gasteiger partial charge is 0.479 e. The Balaban J connectivity index is 0.000000383. The van der Waals surface area contributed by atoms with Crippen molar-refractivity contribution in [2.24, 2.45) is 5.92 Å².